The zero-order valence-electron chi connectivity index (χ0n) is 15.8. The van der Waals surface area contributed by atoms with E-state index in [-0.39, 0.29) is 6.03 Å². The Labute approximate surface area is 169 Å². The summed E-state index contributed by atoms with van der Waals surface area (Å²) >= 11 is 0. The molecule has 5 heteroatoms. The van der Waals surface area contributed by atoms with Crippen molar-refractivity contribution in [3.05, 3.63) is 89.5 Å². The lowest BCUT2D eigenvalue weighted by molar-refractivity contribution is 0.171. The lowest BCUT2D eigenvalue weighted by Gasteiger charge is -2.19. The minimum Gasteiger partial charge on any atom is -0.486 e. The average Bonchev–Trinajstić information content (AvgIpc) is 2.77. The van der Waals surface area contributed by atoms with Crippen LogP contribution >= 0.6 is 0 Å². The van der Waals surface area contributed by atoms with Gasteiger partial charge in [-0.15, -0.1) is 0 Å². The van der Waals surface area contributed by atoms with Crippen LogP contribution in [0.1, 0.15) is 16.7 Å². The first-order chi connectivity index (χ1) is 14.3. The molecule has 0 unspecified atom stereocenters. The number of hydrogen-bond acceptors (Lipinski definition) is 3. The number of carbonyl (C=O) groups excluding carboxylic acids is 1. The number of benzene rings is 3. The van der Waals surface area contributed by atoms with Gasteiger partial charge in [0.1, 0.15) is 13.2 Å². The van der Waals surface area contributed by atoms with Crippen LogP contribution in [0.25, 0.3) is 0 Å². The van der Waals surface area contributed by atoms with Crippen molar-refractivity contribution in [3.63, 3.8) is 0 Å². The Bertz CT molecular complexity index is 1070. The van der Waals surface area contributed by atoms with Gasteiger partial charge in [0, 0.05) is 23.4 Å². The highest BCUT2D eigenvalue weighted by Gasteiger charge is 2.12. The molecule has 1 heterocycles. The lowest BCUT2D eigenvalue weighted by atomic mass is 10.1. The first kappa shape index (κ1) is 18.5. The number of nitrogens with one attached hydrogen (secondary N) is 2. The summed E-state index contributed by atoms with van der Waals surface area (Å²) in [5.41, 5.74) is 3.40. The molecule has 144 valence electrons. The van der Waals surface area contributed by atoms with Crippen LogP contribution in [0.2, 0.25) is 0 Å². The van der Waals surface area contributed by atoms with Crippen LogP contribution < -0.4 is 20.1 Å². The molecule has 2 amide bonds. The molecule has 5 nitrogen and oxygen atoms in total. The molecule has 0 radical (unpaired) electrons. The van der Waals surface area contributed by atoms with Gasteiger partial charge < -0.3 is 20.1 Å². The normalized spacial score (nSPS) is 11.7. The van der Waals surface area contributed by atoms with Gasteiger partial charge in [0.05, 0.1) is 0 Å². The predicted molar refractivity (Wildman–Crippen MR) is 112 cm³/mol. The van der Waals surface area contributed by atoms with Gasteiger partial charge in [-0.05, 0) is 48.0 Å². The Balaban J connectivity index is 1.35. The van der Waals surface area contributed by atoms with Gasteiger partial charge in [0.25, 0.3) is 0 Å². The van der Waals surface area contributed by atoms with Crippen molar-refractivity contribution in [2.45, 2.75) is 6.54 Å². The monoisotopic (exact) mass is 384 g/mol. The van der Waals surface area contributed by atoms with Gasteiger partial charge >= 0.3 is 6.03 Å². The third-order valence-electron chi connectivity index (χ3n) is 4.31. The molecule has 0 aliphatic carbocycles. The van der Waals surface area contributed by atoms with E-state index in [0.717, 1.165) is 22.4 Å². The van der Waals surface area contributed by atoms with E-state index in [0.29, 0.717) is 31.2 Å². The molecule has 0 spiro atoms. The van der Waals surface area contributed by atoms with Gasteiger partial charge in [-0.1, -0.05) is 42.2 Å². The molecule has 1 aliphatic rings. The predicted octanol–water partition coefficient (Wildman–Crippen LogP) is 4.18. The highest BCUT2D eigenvalue weighted by molar-refractivity contribution is 5.89. The van der Waals surface area contributed by atoms with E-state index < -0.39 is 0 Å². The fourth-order valence-electron chi connectivity index (χ4n) is 2.90. The average molecular weight is 384 g/mol. The molecular weight excluding hydrogens is 364 g/mol. The molecule has 4 rings (SSSR count). The molecule has 0 atom stereocenters. The minimum absolute atomic E-state index is 0.284. The summed E-state index contributed by atoms with van der Waals surface area (Å²) in [7, 11) is 0. The Morgan fingerprint density at radius 1 is 0.828 bits per heavy atom. The van der Waals surface area contributed by atoms with Gasteiger partial charge in [0.15, 0.2) is 11.5 Å². The van der Waals surface area contributed by atoms with Gasteiger partial charge in [0.2, 0.25) is 0 Å². The highest BCUT2D eigenvalue weighted by Crippen LogP contribution is 2.30. The number of fused-ring (bicyclic) bond motifs is 1. The lowest BCUT2D eigenvalue weighted by Crippen LogP contribution is -2.28. The van der Waals surface area contributed by atoms with Gasteiger partial charge in [-0.2, -0.15) is 0 Å². The maximum atomic E-state index is 12.3. The molecule has 0 fully saturated rings. The molecule has 0 aromatic heterocycles. The van der Waals surface area contributed by atoms with Gasteiger partial charge in [-0.3, -0.25) is 0 Å². The van der Waals surface area contributed by atoms with Gasteiger partial charge in [-0.25, -0.2) is 4.79 Å². The molecule has 2 N–H and O–H groups in total. The number of ether oxygens (including phenoxy) is 2. The quantitative estimate of drug-likeness (QED) is 0.666. The van der Waals surface area contributed by atoms with Crippen molar-refractivity contribution in [2.24, 2.45) is 0 Å². The van der Waals surface area contributed by atoms with E-state index in [1.165, 1.54) is 0 Å². The summed E-state index contributed by atoms with van der Waals surface area (Å²) in [6.07, 6.45) is 0. The molecule has 3 aromatic carbocycles. The first-order valence-corrected chi connectivity index (χ1v) is 9.37. The second kappa shape index (κ2) is 8.85. The smallest absolute Gasteiger partial charge is 0.319 e. The fraction of sp³-hybridized carbons (Fsp3) is 0.125. The third-order valence-corrected chi connectivity index (χ3v) is 4.31. The Morgan fingerprint density at radius 2 is 1.59 bits per heavy atom. The zero-order chi connectivity index (χ0) is 19.9. The summed E-state index contributed by atoms with van der Waals surface area (Å²) in [6, 6.07) is 22.6. The molecular formula is C24H20N2O3. The van der Waals surface area contributed by atoms with Crippen LogP contribution in [-0.2, 0) is 6.54 Å². The van der Waals surface area contributed by atoms with Crippen LogP contribution in [0, 0.1) is 11.8 Å². The van der Waals surface area contributed by atoms with E-state index in [4.69, 9.17) is 9.47 Å². The number of anilines is 1. The molecule has 0 bridgehead atoms. The molecule has 1 aliphatic heterocycles. The first-order valence-electron chi connectivity index (χ1n) is 9.37. The number of urea groups is 1. The SMILES string of the molecule is O=C(NCc1ccc2c(c1)OCCO2)Nc1cccc(C#Cc2ccccc2)c1. The van der Waals surface area contributed by atoms with Crippen molar-refractivity contribution in [2.75, 3.05) is 18.5 Å². The van der Waals surface area contributed by atoms with Crippen molar-refractivity contribution >= 4 is 11.7 Å². The van der Waals surface area contributed by atoms with Crippen LogP contribution in [0.4, 0.5) is 10.5 Å². The van der Waals surface area contributed by atoms with Crippen LogP contribution in [-0.4, -0.2) is 19.2 Å². The molecule has 3 aromatic rings. The standard InChI is InChI=1S/C24H20N2O3/c27-24(25-17-20-11-12-22-23(16-20)29-14-13-28-22)26-21-8-4-7-19(15-21)10-9-18-5-2-1-3-6-18/h1-8,11-12,15-16H,13-14,17H2,(H2,25,26,27). The van der Waals surface area contributed by atoms with E-state index in [1.54, 1.807) is 0 Å². The largest absolute Gasteiger partial charge is 0.486 e. The second-order valence-electron chi connectivity index (χ2n) is 6.48. The molecule has 29 heavy (non-hydrogen) atoms. The summed E-state index contributed by atoms with van der Waals surface area (Å²) in [4.78, 5) is 12.3. The van der Waals surface area contributed by atoms with E-state index in [9.17, 15) is 4.79 Å². The van der Waals surface area contributed by atoms with E-state index in [2.05, 4.69) is 22.5 Å². The molecule has 0 saturated carbocycles. The number of amides is 2. The van der Waals surface area contributed by atoms with Crippen LogP contribution in [0.3, 0.4) is 0 Å². The number of hydrogen-bond donors (Lipinski definition) is 2. The van der Waals surface area contributed by atoms with E-state index in [1.807, 2.05) is 72.8 Å². The van der Waals surface area contributed by atoms with E-state index >= 15 is 0 Å². The number of carbonyl (C=O) groups is 1. The van der Waals surface area contributed by atoms with Crippen molar-refractivity contribution in [1.82, 2.24) is 5.32 Å². The Hall–Kier alpha value is -3.91. The highest BCUT2D eigenvalue weighted by atomic mass is 16.6. The zero-order valence-corrected chi connectivity index (χ0v) is 15.8. The van der Waals surface area contributed by atoms with Crippen LogP contribution in [0.15, 0.2) is 72.8 Å². The fourth-order valence-corrected chi connectivity index (χ4v) is 2.90. The maximum absolute atomic E-state index is 12.3. The van der Waals surface area contributed by atoms with Crippen molar-refractivity contribution in [1.29, 1.82) is 0 Å². The Kier molecular flexibility index (Phi) is 5.63. The number of rotatable bonds is 3. The molecule has 0 saturated heterocycles. The third kappa shape index (κ3) is 5.08. The van der Waals surface area contributed by atoms with Crippen molar-refractivity contribution in [3.8, 4) is 23.3 Å². The summed E-state index contributed by atoms with van der Waals surface area (Å²) in [5, 5.41) is 5.69. The second-order valence-corrected chi connectivity index (χ2v) is 6.48. The summed E-state index contributed by atoms with van der Waals surface area (Å²) < 4.78 is 11.1. The summed E-state index contributed by atoms with van der Waals surface area (Å²) in [6.45, 7) is 1.48. The summed E-state index contributed by atoms with van der Waals surface area (Å²) in [5.74, 6) is 7.67. The maximum Gasteiger partial charge on any atom is 0.319 e. The van der Waals surface area contributed by atoms with Crippen LogP contribution in [0.5, 0.6) is 11.5 Å². The Morgan fingerprint density at radius 3 is 2.45 bits per heavy atom. The topological polar surface area (TPSA) is 59.6 Å². The minimum atomic E-state index is -0.284. The van der Waals surface area contributed by atoms with Crippen molar-refractivity contribution < 1.29 is 14.3 Å².